The first-order valence-electron chi connectivity index (χ1n) is 6.05. The Morgan fingerprint density at radius 3 is 2.67 bits per heavy atom. The zero-order valence-electron chi connectivity index (χ0n) is 10.3. The van der Waals surface area contributed by atoms with Gasteiger partial charge in [0.15, 0.2) is 0 Å². The van der Waals surface area contributed by atoms with E-state index in [1.54, 1.807) is 6.07 Å². The van der Waals surface area contributed by atoms with Crippen molar-refractivity contribution in [3.05, 3.63) is 29.8 Å². The Morgan fingerprint density at radius 2 is 2.06 bits per heavy atom. The molecule has 1 atom stereocenters. The molecule has 2 nitrogen and oxygen atoms in total. The Hall–Kier alpha value is -1.23. The lowest BCUT2D eigenvalue weighted by Gasteiger charge is -2.17. The number of likely N-dealkylation sites (tertiary alicyclic amines) is 1. The van der Waals surface area contributed by atoms with Crippen LogP contribution in [0, 0.1) is 5.92 Å². The molecule has 0 aromatic heterocycles. The molecule has 1 aliphatic rings. The van der Waals surface area contributed by atoms with Crippen LogP contribution in [0.2, 0.25) is 0 Å². The van der Waals surface area contributed by atoms with E-state index in [4.69, 9.17) is 0 Å². The Balaban J connectivity index is 2.01. The van der Waals surface area contributed by atoms with Gasteiger partial charge in [0.05, 0.1) is 5.56 Å². The number of hydrogen-bond acceptors (Lipinski definition) is 2. The third-order valence-corrected chi connectivity index (χ3v) is 3.30. The van der Waals surface area contributed by atoms with Crippen LogP contribution in [0.25, 0.3) is 0 Å². The average molecular weight is 258 g/mol. The zero-order chi connectivity index (χ0) is 13.2. The van der Waals surface area contributed by atoms with E-state index in [2.05, 4.69) is 10.2 Å². The predicted molar refractivity (Wildman–Crippen MR) is 65.5 cm³/mol. The number of nitrogens with one attached hydrogen (secondary N) is 1. The zero-order valence-corrected chi connectivity index (χ0v) is 10.3. The molecule has 1 aliphatic heterocycles. The number of hydrogen-bond donors (Lipinski definition) is 1. The van der Waals surface area contributed by atoms with Crippen LogP contribution in [-0.2, 0) is 6.18 Å². The number of halogens is 3. The summed E-state index contributed by atoms with van der Waals surface area (Å²) in [6.45, 7) is 2.56. The van der Waals surface area contributed by atoms with E-state index in [1.165, 1.54) is 12.1 Å². The molecule has 2 rings (SSSR count). The monoisotopic (exact) mass is 258 g/mol. The summed E-state index contributed by atoms with van der Waals surface area (Å²) in [4.78, 5) is 2.20. The number of benzene rings is 1. The summed E-state index contributed by atoms with van der Waals surface area (Å²) in [7, 11) is 2.03. The van der Waals surface area contributed by atoms with E-state index in [0.717, 1.165) is 25.6 Å². The molecular weight excluding hydrogens is 241 g/mol. The molecule has 1 N–H and O–H groups in total. The largest absolute Gasteiger partial charge is 0.418 e. The first-order chi connectivity index (χ1) is 8.47. The molecule has 0 bridgehead atoms. The van der Waals surface area contributed by atoms with Gasteiger partial charge < -0.3 is 10.2 Å². The summed E-state index contributed by atoms with van der Waals surface area (Å²) in [5.74, 6) is 0.427. The molecule has 0 spiro atoms. The summed E-state index contributed by atoms with van der Waals surface area (Å²) in [6.07, 6.45) is -3.26. The minimum Gasteiger partial charge on any atom is -0.384 e. The van der Waals surface area contributed by atoms with Crippen molar-refractivity contribution in [2.75, 3.05) is 32.0 Å². The lowest BCUT2D eigenvalue weighted by Crippen LogP contribution is -2.20. The molecule has 1 saturated heterocycles. The van der Waals surface area contributed by atoms with Crippen molar-refractivity contribution in [1.82, 2.24) is 4.90 Å². The van der Waals surface area contributed by atoms with Gasteiger partial charge >= 0.3 is 6.18 Å². The fourth-order valence-electron chi connectivity index (χ4n) is 2.33. The van der Waals surface area contributed by atoms with Crippen molar-refractivity contribution < 1.29 is 13.2 Å². The maximum atomic E-state index is 12.8. The first-order valence-corrected chi connectivity index (χ1v) is 6.05. The van der Waals surface area contributed by atoms with Crippen molar-refractivity contribution in [2.45, 2.75) is 12.6 Å². The minimum absolute atomic E-state index is 0.180. The molecule has 100 valence electrons. The van der Waals surface area contributed by atoms with Gasteiger partial charge in [-0.05, 0) is 38.1 Å². The van der Waals surface area contributed by atoms with Crippen LogP contribution in [0.15, 0.2) is 24.3 Å². The third kappa shape index (κ3) is 3.16. The molecular formula is C13H17F3N2. The van der Waals surface area contributed by atoms with Crippen molar-refractivity contribution in [1.29, 1.82) is 0 Å². The average Bonchev–Trinajstić information content (AvgIpc) is 2.72. The smallest absolute Gasteiger partial charge is 0.384 e. The van der Waals surface area contributed by atoms with Gasteiger partial charge in [0, 0.05) is 18.8 Å². The SMILES string of the molecule is CN1CCC(CNc2ccccc2C(F)(F)F)C1. The quantitative estimate of drug-likeness (QED) is 0.896. The van der Waals surface area contributed by atoms with Crippen molar-refractivity contribution in [3.8, 4) is 0 Å². The van der Waals surface area contributed by atoms with Gasteiger partial charge in [0.2, 0.25) is 0 Å². The minimum atomic E-state index is -4.30. The van der Waals surface area contributed by atoms with E-state index < -0.39 is 11.7 Å². The van der Waals surface area contributed by atoms with E-state index in [1.807, 2.05) is 7.05 Å². The number of anilines is 1. The maximum Gasteiger partial charge on any atom is 0.418 e. The van der Waals surface area contributed by atoms with Gasteiger partial charge in [0.25, 0.3) is 0 Å². The fraction of sp³-hybridized carbons (Fsp3) is 0.538. The molecule has 0 radical (unpaired) electrons. The fourth-order valence-corrected chi connectivity index (χ4v) is 2.33. The highest BCUT2D eigenvalue weighted by molar-refractivity contribution is 5.52. The Labute approximate surface area is 105 Å². The normalized spacial score (nSPS) is 21.2. The van der Waals surface area contributed by atoms with Gasteiger partial charge in [-0.1, -0.05) is 12.1 Å². The Bertz CT molecular complexity index is 403. The molecule has 1 unspecified atom stereocenters. The Morgan fingerprint density at radius 1 is 1.33 bits per heavy atom. The number of nitrogens with zero attached hydrogens (tertiary/aromatic N) is 1. The standard InChI is InChI=1S/C13H17F3N2/c1-18-7-6-10(9-18)8-17-12-5-3-2-4-11(12)13(14,15)16/h2-5,10,17H,6-9H2,1H3. The molecule has 1 aromatic rings. The molecule has 0 saturated carbocycles. The van der Waals surface area contributed by atoms with Crippen LogP contribution in [0.4, 0.5) is 18.9 Å². The second-order valence-corrected chi connectivity index (χ2v) is 4.84. The lowest BCUT2D eigenvalue weighted by atomic mass is 10.1. The number of rotatable bonds is 3. The van der Waals surface area contributed by atoms with Crippen LogP contribution < -0.4 is 5.32 Å². The van der Waals surface area contributed by atoms with Gasteiger partial charge in [-0.15, -0.1) is 0 Å². The molecule has 1 aromatic carbocycles. The second-order valence-electron chi connectivity index (χ2n) is 4.84. The number of para-hydroxylation sites is 1. The van der Waals surface area contributed by atoms with Crippen LogP contribution >= 0.6 is 0 Å². The predicted octanol–water partition coefficient (Wildman–Crippen LogP) is 3.07. The van der Waals surface area contributed by atoms with Gasteiger partial charge in [-0.25, -0.2) is 0 Å². The highest BCUT2D eigenvalue weighted by Crippen LogP contribution is 2.34. The van der Waals surface area contributed by atoms with Crippen LogP contribution in [0.3, 0.4) is 0 Å². The van der Waals surface area contributed by atoms with E-state index in [9.17, 15) is 13.2 Å². The molecule has 0 aliphatic carbocycles. The summed E-state index contributed by atoms with van der Waals surface area (Å²) in [5.41, 5.74) is -0.407. The summed E-state index contributed by atoms with van der Waals surface area (Å²) < 4.78 is 38.3. The Kier molecular flexibility index (Phi) is 3.80. The van der Waals surface area contributed by atoms with Crippen molar-refractivity contribution in [3.63, 3.8) is 0 Å². The van der Waals surface area contributed by atoms with Crippen molar-refractivity contribution in [2.24, 2.45) is 5.92 Å². The first kappa shape index (κ1) is 13.2. The summed E-state index contributed by atoms with van der Waals surface area (Å²) >= 11 is 0. The topological polar surface area (TPSA) is 15.3 Å². The molecule has 1 heterocycles. The van der Waals surface area contributed by atoms with E-state index in [0.29, 0.717) is 12.5 Å². The van der Waals surface area contributed by atoms with Crippen LogP contribution in [0.1, 0.15) is 12.0 Å². The van der Waals surface area contributed by atoms with Gasteiger partial charge in [-0.2, -0.15) is 13.2 Å². The molecule has 18 heavy (non-hydrogen) atoms. The van der Waals surface area contributed by atoms with Gasteiger partial charge in [-0.3, -0.25) is 0 Å². The third-order valence-electron chi connectivity index (χ3n) is 3.30. The molecule has 1 fully saturated rings. The highest BCUT2D eigenvalue weighted by Gasteiger charge is 2.33. The van der Waals surface area contributed by atoms with Crippen molar-refractivity contribution >= 4 is 5.69 Å². The lowest BCUT2D eigenvalue weighted by molar-refractivity contribution is -0.136. The highest BCUT2D eigenvalue weighted by atomic mass is 19.4. The van der Waals surface area contributed by atoms with E-state index >= 15 is 0 Å². The van der Waals surface area contributed by atoms with Crippen LogP contribution in [-0.4, -0.2) is 31.6 Å². The van der Waals surface area contributed by atoms with Gasteiger partial charge in [0.1, 0.15) is 0 Å². The second kappa shape index (κ2) is 5.18. The van der Waals surface area contributed by atoms with Crippen LogP contribution in [0.5, 0.6) is 0 Å². The summed E-state index contributed by atoms with van der Waals surface area (Å²) in [6, 6.07) is 5.64. The molecule has 0 amide bonds. The molecule has 5 heteroatoms. The summed E-state index contributed by atoms with van der Waals surface area (Å²) in [5, 5.41) is 2.94. The number of alkyl halides is 3. The maximum absolute atomic E-state index is 12.8. The van der Waals surface area contributed by atoms with E-state index in [-0.39, 0.29) is 5.69 Å².